The standard InChI is InChI=1S/C12H24N2O2/c1-6-13-11(15)7-10(8(2)3)12(16)14-9(4)5/h8-10H,6-7H2,1-5H3,(H,13,15)(H,14,16). The summed E-state index contributed by atoms with van der Waals surface area (Å²) in [6.45, 7) is 10.2. The van der Waals surface area contributed by atoms with Gasteiger partial charge in [0.15, 0.2) is 0 Å². The Labute approximate surface area is 98.2 Å². The van der Waals surface area contributed by atoms with Crippen molar-refractivity contribution < 1.29 is 9.59 Å². The van der Waals surface area contributed by atoms with Crippen molar-refractivity contribution in [2.45, 2.75) is 47.1 Å². The Morgan fingerprint density at radius 3 is 2.06 bits per heavy atom. The Balaban J connectivity index is 4.38. The van der Waals surface area contributed by atoms with E-state index in [0.29, 0.717) is 6.54 Å². The van der Waals surface area contributed by atoms with Gasteiger partial charge in [0, 0.05) is 24.9 Å². The molecule has 0 aromatic heterocycles. The van der Waals surface area contributed by atoms with E-state index in [1.165, 1.54) is 0 Å². The number of rotatable bonds is 6. The quantitative estimate of drug-likeness (QED) is 0.720. The summed E-state index contributed by atoms with van der Waals surface area (Å²) >= 11 is 0. The zero-order chi connectivity index (χ0) is 12.7. The van der Waals surface area contributed by atoms with Gasteiger partial charge in [-0.25, -0.2) is 0 Å². The van der Waals surface area contributed by atoms with Crippen LogP contribution < -0.4 is 10.6 Å². The maximum atomic E-state index is 11.8. The second-order valence-corrected chi connectivity index (χ2v) is 4.67. The van der Waals surface area contributed by atoms with Gasteiger partial charge < -0.3 is 10.6 Å². The van der Waals surface area contributed by atoms with Crippen LogP contribution in [0, 0.1) is 11.8 Å². The first kappa shape index (κ1) is 14.9. The monoisotopic (exact) mass is 228 g/mol. The van der Waals surface area contributed by atoms with E-state index < -0.39 is 0 Å². The summed E-state index contributed by atoms with van der Waals surface area (Å²) in [7, 11) is 0. The molecule has 0 aromatic rings. The van der Waals surface area contributed by atoms with E-state index >= 15 is 0 Å². The molecule has 94 valence electrons. The molecule has 1 atom stereocenters. The van der Waals surface area contributed by atoms with Crippen LogP contribution in [0.1, 0.15) is 41.0 Å². The molecule has 1 unspecified atom stereocenters. The van der Waals surface area contributed by atoms with E-state index in [1.807, 2.05) is 34.6 Å². The van der Waals surface area contributed by atoms with Gasteiger partial charge in [-0.1, -0.05) is 13.8 Å². The molecule has 0 saturated heterocycles. The molecule has 0 spiro atoms. The highest BCUT2D eigenvalue weighted by molar-refractivity contribution is 5.86. The normalized spacial score (nSPS) is 12.7. The molecule has 0 aliphatic heterocycles. The molecule has 0 saturated carbocycles. The molecule has 2 N–H and O–H groups in total. The Bertz CT molecular complexity index is 237. The fourth-order valence-corrected chi connectivity index (χ4v) is 1.49. The van der Waals surface area contributed by atoms with Crippen LogP contribution in [0.4, 0.5) is 0 Å². The zero-order valence-electron chi connectivity index (χ0n) is 11.0. The van der Waals surface area contributed by atoms with Gasteiger partial charge in [-0.15, -0.1) is 0 Å². The van der Waals surface area contributed by atoms with Crippen molar-refractivity contribution in [1.29, 1.82) is 0 Å². The molecule has 0 aromatic carbocycles. The maximum absolute atomic E-state index is 11.8. The summed E-state index contributed by atoms with van der Waals surface area (Å²) in [5.74, 6) is -0.160. The van der Waals surface area contributed by atoms with E-state index in [0.717, 1.165) is 0 Å². The van der Waals surface area contributed by atoms with Crippen molar-refractivity contribution >= 4 is 11.8 Å². The highest BCUT2D eigenvalue weighted by atomic mass is 16.2. The fraction of sp³-hybridized carbons (Fsp3) is 0.833. The molecular formula is C12H24N2O2. The Kier molecular flexibility index (Phi) is 6.77. The summed E-state index contributed by atoms with van der Waals surface area (Å²) in [6, 6.07) is 0.114. The predicted octanol–water partition coefficient (Wildman–Crippen LogP) is 1.31. The average molecular weight is 228 g/mol. The topological polar surface area (TPSA) is 58.2 Å². The first-order chi connectivity index (χ1) is 7.38. The van der Waals surface area contributed by atoms with Crippen molar-refractivity contribution in [2.24, 2.45) is 11.8 Å². The molecule has 16 heavy (non-hydrogen) atoms. The number of hydrogen-bond acceptors (Lipinski definition) is 2. The van der Waals surface area contributed by atoms with Gasteiger partial charge >= 0.3 is 0 Å². The minimum absolute atomic E-state index is 0.0312. The van der Waals surface area contributed by atoms with E-state index in [1.54, 1.807) is 0 Å². The van der Waals surface area contributed by atoms with Gasteiger partial charge in [0.05, 0.1) is 0 Å². The predicted molar refractivity (Wildman–Crippen MR) is 64.9 cm³/mol. The number of hydrogen-bond donors (Lipinski definition) is 2. The van der Waals surface area contributed by atoms with Gasteiger partial charge in [-0.3, -0.25) is 9.59 Å². The van der Waals surface area contributed by atoms with E-state index in [2.05, 4.69) is 10.6 Å². The lowest BCUT2D eigenvalue weighted by Crippen LogP contribution is -2.40. The molecule has 0 rings (SSSR count). The third-order valence-corrected chi connectivity index (χ3v) is 2.35. The minimum Gasteiger partial charge on any atom is -0.356 e. The smallest absolute Gasteiger partial charge is 0.224 e. The first-order valence-corrected chi connectivity index (χ1v) is 5.95. The average Bonchev–Trinajstić information content (AvgIpc) is 2.12. The van der Waals surface area contributed by atoms with Gasteiger partial charge in [0.25, 0.3) is 0 Å². The molecule has 4 heteroatoms. The molecule has 0 radical (unpaired) electrons. The van der Waals surface area contributed by atoms with Gasteiger partial charge in [-0.05, 0) is 26.7 Å². The third kappa shape index (κ3) is 5.73. The summed E-state index contributed by atoms with van der Waals surface area (Å²) in [5.41, 5.74) is 0. The molecule has 0 aliphatic carbocycles. The minimum atomic E-state index is -0.242. The van der Waals surface area contributed by atoms with Crippen LogP contribution in [0.3, 0.4) is 0 Å². The largest absolute Gasteiger partial charge is 0.356 e. The first-order valence-electron chi connectivity index (χ1n) is 5.95. The molecule has 0 bridgehead atoms. The zero-order valence-corrected chi connectivity index (χ0v) is 11.0. The third-order valence-electron chi connectivity index (χ3n) is 2.35. The Hall–Kier alpha value is -1.06. The highest BCUT2D eigenvalue weighted by Gasteiger charge is 2.25. The van der Waals surface area contributed by atoms with Gasteiger partial charge in [0.2, 0.25) is 11.8 Å². The molecule has 2 amide bonds. The number of carbonyl (C=O) groups excluding carboxylic acids is 2. The second-order valence-electron chi connectivity index (χ2n) is 4.67. The summed E-state index contributed by atoms with van der Waals surface area (Å²) in [6.07, 6.45) is 0.268. The van der Waals surface area contributed by atoms with Crippen LogP contribution in [0.2, 0.25) is 0 Å². The van der Waals surface area contributed by atoms with Crippen LogP contribution >= 0.6 is 0 Å². The highest BCUT2D eigenvalue weighted by Crippen LogP contribution is 2.15. The summed E-state index contributed by atoms with van der Waals surface area (Å²) in [5, 5.41) is 5.57. The fourth-order valence-electron chi connectivity index (χ4n) is 1.49. The molecule has 4 nitrogen and oxygen atoms in total. The van der Waals surface area contributed by atoms with Crippen LogP contribution in [-0.2, 0) is 9.59 Å². The van der Waals surface area contributed by atoms with Crippen LogP contribution in [0.25, 0.3) is 0 Å². The molecular weight excluding hydrogens is 204 g/mol. The van der Waals surface area contributed by atoms with Crippen molar-refractivity contribution in [3.63, 3.8) is 0 Å². The molecule has 0 fully saturated rings. The summed E-state index contributed by atoms with van der Waals surface area (Å²) < 4.78 is 0. The lowest BCUT2D eigenvalue weighted by Gasteiger charge is -2.21. The lowest BCUT2D eigenvalue weighted by atomic mass is 9.91. The number of carbonyl (C=O) groups is 2. The SMILES string of the molecule is CCNC(=O)CC(C(=O)NC(C)C)C(C)C. The van der Waals surface area contributed by atoms with E-state index in [4.69, 9.17) is 0 Å². The van der Waals surface area contributed by atoms with Crippen LogP contribution in [0.15, 0.2) is 0 Å². The number of amides is 2. The lowest BCUT2D eigenvalue weighted by molar-refractivity contribution is -0.132. The van der Waals surface area contributed by atoms with Crippen molar-refractivity contribution in [3.05, 3.63) is 0 Å². The van der Waals surface area contributed by atoms with Crippen LogP contribution in [0.5, 0.6) is 0 Å². The molecule has 0 aliphatic rings. The van der Waals surface area contributed by atoms with Crippen molar-refractivity contribution in [3.8, 4) is 0 Å². The summed E-state index contributed by atoms with van der Waals surface area (Å²) in [4.78, 5) is 23.3. The van der Waals surface area contributed by atoms with Crippen molar-refractivity contribution in [1.82, 2.24) is 10.6 Å². The Morgan fingerprint density at radius 2 is 1.69 bits per heavy atom. The number of nitrogens with one attached hydrogen (secondary N) is 2. The van der Waals surface area contributed by atoms with Gasteiger partial charge in [0.1, 0.15) is 0 Å². The van der Waals surface area contributed by atoms with E-state index in [9.17, 15) is 9.59 Å². The van der Waals surface area contributed by atoms with Gasteiger partial charge in [-0.2, -0.15) is 0 Å². The van der Waals surface area contributed by atoms with Crippen molar-refractivity contribution in [2.75, 3.05) is 6.54 Å². The maximum Gasteiger partial charge on any atom is 0.224 e. The molecule has 0 heterocycles. The Morgan fingerprint density at radius 1 is 1.12 bits per heavy atom. The van der Waals surface area contributed by atoms with Crippen LogP contribution in [-0.4, -0.2) is 24.4 Å². The van der Waals surface area contributed by atoms with E-state index in [-0.39, 0.29) is 36.1 Å². The second kappa shape index (κ2) is 7.25.